The van der Waals surface area contributed by atoms with Crippen LogP contribution in [0.2, 0.25) is 0 Å². The van der Waals surface area contributed by atoms with E-state index in [0.717, 1.165) is 0 Å². The summed E-state index contributed by atoms with van der Waals surface area (Å²) in [5.74, 6) is -1.55. The largest absolute Gasteiger partial charge is 0.477 e. The minimum Gasteiger partial charge on any atom is -0.477 e. The van der Waals surface area contributed by atoms with Gasteiger partial charge in [0.25, 0.3) is 0 Å². The standard InChI is InChI=1S/C12H8F3N3O3.ClH/c13-12(14,15)10-5-9(11(20)21)18(17-10)8-3-1-2-7(4-8)16-6-19;/h1-6H,(H,16,19)(H,20,21);1H. The quantitative estimate of drug-likeness (QED) is 0.841. The number of rotatable bonds is 4. The topological polar surface area (TPSA) is 84.2 Å². The summed E-state index contributed by atoms with van der Waals surface area (Å²) in [6, 6.07) is 6.06. The van der Waals surface area contributed by atoms with Gasteiger partial charge in [-0.05, 0) is 18.2 Å². The number of carbonyl (C=O) groups excluding carboxylic acids is 1. The van der Waals surface area contributed by atoms with Crippen LogP contribution in [-0.2, 0) is 11.0 Å². The first-order valence-corrected chi connectivity index (χ1v) is 5.54. The first-order valence-electron chi connectivity index (χ1n) is 5.54. The molecule has 0 fully saturated rings. The normalized spacial score (nSPS) is 10.7. The van der Waals surface area contributed by atoms with E-state index in [1.807, 2.05) is 0 Å². The van der Waals surface area contributed by atoms with E-state index in [2.05, 4.69) is 10.4 Å². The summed E-state index contributed by atoms with van der Waals surface area (Å²) in [5.41, 5.74) is -1.57. The molecule has 6 nitrogen and oxygen atoms in total. The summed E-state index contributed by atoms with van der Waals surface area (Å²) in [6.45, 7) is 0. The number of anilines is 1. The van der Waals surface area contributed by atoms with Gasteiger partial charge in [-0.1, -0.05) is 6.07 Å². The molecule has 0 atom stereocenters. The maximum Gasteiger partial charge on any atom is 0.435 e. The molecule has 0 radical (unpaired) electrons. The van der Waals surface area contributed by atoms with Gasteiger partial charge in [0.1, 0.15) is 0 Å². The molecule has 0 bridgehead atoms. The smallest absolute Gasteiger partial charge is 0.435 e. The SMILES string of the molecule is Cl.O=CNc1cccc(-n2nc(C(F)(F)F)cc2C(=O)O)c1. The average molecular weight is 336 g/mol. The molecule has 0 unspecified atom stereocenters. The zero-order valence-electron chi connectivity index (χ0n) is 10.7. The summed E-state index contributed by atoms with van der Waals surface area (Å²) >= 11 is 0. The molecule has 2 rings (SSSR count). The van der Waals surface area contributed by atoms with E-state index in [1.54, 1.807) is 0 Å². The molecule has 0 spiro atoms. The highest BCUT2D eigenvalue weighted by Crippen LogP contribution is 2.29. The zero-order chi connectivity index (χ0) is 15.6. The molecule has 0 aliphatic rings. The van der Waals surface area contributed by atoms with Crippen molar-refractivity contribution in [3.8, 4) is 5.69 Å². The van der Waals surface area contributed by atoms with Gasteiger partial charge in [0, 0.05) is 11.8 Å². The molecule has 0 saturated heterocycles. The molecule has 1 aromatic carbocycles. The number of carboxylic acids is 1. The van der Waals surface area contributed by atoms with Crippen LogP contribution in [0.1, 0.15) is 16.2 Å². The number of aromatic nitrogens is 2. The molecule has 1 amide bonds. The highest BCUT2D eigenvalue weighted by atomic mass is 35.5. The van der Waals surface area contributed by atoms with Gasteiger partial charge in [-0.2, -0.15) is 18.3 Å². The second-order valence-electron chi connectivity index (χ2n) is 3.94. The Bertz CT molecular complexity index is 700. The number of halogens is 4. The summed E-state index contributed by atoms with van der Waals surface area (Å²) in [5, 5.41) is 14.6. The number of hydrogen-bond donors (Lipinski definition) is 2. The second kappa shape index (κ2) is 6.48. The number of aromatic carboxylic acids is 1. The Kier molecular flexibility index (Phi) is 5.15. The number of nitrogens with zero attached hydrogens (tertiary/aromatic N) is 2. The third-order valence-corrected chi connectivity index (χ3v) is 2.54. The Hall–Kier alpha value is -2.55. The molecule has 118 valence electrons. The Morgan fingerprint density at radius 3 is 2.55 bits per heavy atom. The molecule has 22 heavy (non-hydrogen) atoms. The summed E-state index contributed by atoms with van der Waals surface area (Å²) in [6.07, 6.45) is -4.37. The number of benzene rings is 1. The van der Waals surface area contributed by atoms with Crippen LogP contribution < -0.4 is 5.32 Å². The van der Waals surface area contributed by atoms with Crippen LogP contribution in [0.3, 0.4) is 0 Å². The van der Waals surface area contributed by atoms with Crippen molar-refractivity contribution >= 4 is 30.5 Å². The van der Waals surface area contributed by atoms with Crippen LogP contribution in [0.25, 0.3) is 5.69 Å². The maximum atomic E-state index is 12.6. The van der Waals surface area contributed by atoms with Crippen molar-refractivity contribution in [3.63, 3.8) is 0 Å². The number of nitrogens with one attached hydrogen (secondary N) is 1. The third kappa shape index (κ3) is 3.55. The van der Waals surface area contributed by atoms with Crippen LogP contribution >= 0.6 is 12.4 Å². The van der Waals surface area contributed by atoms with Gasteiger partial charge in [0.15, 0.2) is 11.4 Å². The zero-order valence-corrected chi connectivity index (χ0v) is 11.5. The molecule has 0 aliphatic heterocycles. The number of carbonyl (C=O) groups is 2. The predicted octanol–water partition coefficient (Wildman–Crippen LogP) is 2.58. The van der Waals surface area contributed by atoms with Crippen molar-refractivity contribution in [1.82, 2.24) is 9.78 Å². The number of hydrogen-bond acceptors (Lipinski definition) is 3. The van der Waals surface area contributed by atoms with Crippen LogP contribution in [0.15, 0.2) is 30.3 Å². The first kappa shape index (κ1) is 17.5. The molecular formula is C12H9ClF3N3O3. The Morgan fingerprint density at radius 1 is 1.32 bits per heavy atom. The fourth-order valence-corrected chi connectivity index (χ4v) is 1.66. The van der Waals surface area contributed by atoms with Crippen molar-refractivity contribution in [3.05, 3.63) is 41.7 Å². The van der Waals surface area contributed by atoms with E-state index in [-0.39, 0.29) is 18.1 Å². The Balaban J connectivity index is 0.00000242. The van der Waals surface area contributed by atoms with Gasteiger partial charge in [-0.3, -0.25) is 4.79 Å². The molecular weight excluding hydrogens is 327 g/mol. The molecule has 1 aromatic heterocycles. The van der Waals surface area contributed by atoms with Crippen LogP contribution in [0, 0.1) is 0 Å². The van der Waals surface area contributed by atoms with Crippen molar-refractivity contribution in [2.75, 3.05) is 5.32 Å². The van der Waals surface area contributed by atoms with Gasteiger partial charge in [-0.15, -0.1) is 12.4 Å². The first-order chi connectivity index (χ1) is 9.82. The molecule has 0 saturated carbocycles. The Labute approximate surface area is 128 Å². The van der Waals surface area contributed by atoms with Crippen molar-refractivity contribution in [2.45, 2.75) is 6.18 Å². The minimum absolute atomic E-state index is 0. The number of alkyl halides is 3. The van der Waals surface area contributed by atoms with E-state index < -0.39 is 23.5 Å². The van der Waals surface area contributed by atoms with E-state index >= 15 is 0 Å². The van der Waals surface area contributed by atoms with E-state index in [1.165, 1.54) is 24.3 Å². The third-order valence-electron chi connectivity index (χ3n) is 2.54. The lowest BCUT2D eigenvalue weighted by atomic mass is 10.2. The molecule has 1 heterocycles. The van der Waals surface area contributed by atoms with Gasteiger partial charge in [0.2, 0.25) is 6.41 Å². The van der Waals surface area contributed by atoms with Crippen molar-refractivity contribution in [1.29, 1.82) is 0 Å². The fraction of sp³-hybridized carbons (Fsp3) is 0.0833. The fourth-order valence-electron chi connectivity index (χ4n) is 1.66. The van der Waals surface area contributed by atoms with E-state index in [0.29, 0.717) is 22.8 Å². The summed E-state index contributed by atoms with van der Waals surface area (Å²) in [7, 11) is 0. The van der Waals surface area contributed by atoms with Gasteiger partial charge in [-0.25, -0.2) is 9.48 Å². The Morgan fingerprint density at radius 2 is 2.00 bits per heavy atom. The summed E-state index contributed by atoms with van der Waals surface area (Å²) in [4.78, 5) is 21.4. The summed E-state index contributed by atoms with van der Waals surface area (Å²) < 4.78 is 38.6. The van der Waals surface area contributed by atoms with E-state index in [4.69, 9.17) is 5.11 Å². The highest BCUT2D eigenvalue weighted by Gasteiger charge is 2.36. The van der Waals surface area contributed by atoms with Gasteiger partial charge < -0.3 is 10.4 Å². The monoisotopic (exact) mass is 335 g/mol. The second-order valence-corrected chi connectivity index (χ2v) is 3.94. The number of carboxylic acid groups (broad SMARTS) is 1. The van der Waals surface area contributed by atoms with E-state index in [9.17, 15) is 22.8 Å². The molecule has 2 N–H and O–H groups in total. The van der Waals surface area contributed by atoms with Gasteiger partial charge >= 0.3 is 12.1 Å². The maximum absolute atomic E-state index is 12.6. The average Bonchev–Trinajstić information content (AvgIpc) is 2.84. The van der Waals surface area contributed by atoms with Crippen molar-refractivity contribution in [2.24, 2.45) is 0 Å². The lowest BCUT2D eigenvalue weighted by molar-refractivity contribution is -0.141. The predicted molar refractivity (Wildman–Crippen MR) is 72.5 cm³/mol. The highest BCUT2D eigenvalue weighted by molar-refractivity contribution is 5.86. The molecule has 10 heteroatoms. The van der Waals surface area contributed by atoms with Crippen LogP contribution in [0.4, 0.5) is 18.9 Å². The lowest BCUT2D eigenvalue weighted by Crippen LogP contribution is -2.09. The van der Waals surface area contributed by atoms with Crippen LogP contribution in [-0.4, -0.2) is 27.3 Å². The van der Waals surface area contributed by atoms with Crippen LogP contribution in [0.5, 0.6) is 0 Å². The molecule has 0 aliphatic carbocycles. The lowest BCUT2D eigenvalue weighted by Gasteiger charge is -2.06. The van der Waals surface area contributed by atoms with Crippen molar-refractivity contribution < 1.29 is 27.9 Å². The minimum atomic E-state index is -4.76. The van der Waals surface area contributed by atoms with Gasteiger partial charge in [0.05, 0.1) is 5.69 Å². The molecule has 2 aromatic rings. The number of amides is 1.